The number of carbonyl (C=O) groups is 2. The van der Waals surface area contributed by atoms with Crippen molar-refractivity contribution < 1.29 is 23.1 Å². The maximum atomic E-state index is 13.3. The van der Waals surface area contributed by atoms with Crippen molar-refractivity contribution in [3.8, 4) is 11.3 Å². The third kappa shape index (κ3) is 3.19. The molecule has 3 aromatic rings. The molecule has 2 amide bonds. The fourth-order valence-electron chi connectivity index (χ4n) is 3.32. The lowest BCUT2D eigenvalue weighted by molar-refractivity contribution is 0.0964. The number of amides is 2. The van der Waals surface area contributed by atoms with E-state index in [0.29, 0.717) is 39.5 Å². The van der Waals surface area contributed by atoms with Crippen LogP contribution in [-0.4, -0.2) is 26.2 Å². The first-order valence-electron chi connectivity index (χ1n) is 8.95. The van der Waals surface area contributed by atoms with E-state index >= 15 is 0 Å². The second-order valence-corrected chi connectivity index (χ2v) is 6.72. The predicted octanol–water partition coefficient (Wildman–Crippen LogP) is 4.65. The van der Waals surface area contributed by atoms with Crippen molar-refractivity contribution in [1.29, 1.82) is 0 Å². The van der Waals surface area contributed by atoms with Crippen LogP contribution in [0, 0.1) is 5.82 Å². The van der Waals surface area contributed by atoms with Gasteiger partial charge in [0.25, 0.3) is 5.91 Å². The van der Waals surface area contributed by atoms with Crippen LogP contribution in [-0.2, 0) is 4.74 Å². The number of hydrogen-bond donors (Lipinski definition) is 2. The molecule has 4 rings (SSSR count). The average Bonchev–Trinajstić information content (AvgIpc) is 3.48. The molecular formula is C21H19FN2O4. The summed E-state index contributed by atoms with van der Waals surface area (Å²) in [6.07, 6.45) is 1.46. The van der Waals surface area contributed by atoms with E-state index in [2.05, 4.69) is 10.6 Å². The summed E-state index contributed by atoms with van der Waals surface area (Å²) in [5.74, 6) is 0.0000159. The summed E-state index contributed by atoms with van der Waals surface area (Å²) in [4.78, 5) is 24.3. The SMILES string of the molecule is CNC(=O)c1c(-c2ccc(F)cc2)oc2cc(NC(=O)OC)c(C3CC3)cc12. The number of nitrogens with one attached hydrogen (secondary N) is 2. The number of rotatable bonds is 4. The molecule has 1 fully saturated rings. The molecule has 0 aliphatic heterocycles. The highest BCUT2D eigenvalue weighted by atomic mass is 19.1. The van der Waals surface area contributed by atoms with Crippen LogP contribution in [0.5, 0.6) is 0 Å². The van der Waals surface area contributed by atoms with Gasteiger partial charge in [0.2, 0.25) is 0 Å². The van der Waals surface area contributed by atoms with Gasteiger partial charge in [-0.25, -0.2) is 9.18 Å². The maximum absolute atomic E-state index is 13.3. The largest absolute Gasteiger partial charge is 0.455 e. The van der Waals surface area contributed by atoms with Gasteiger partial charge >= 0.3 is 6.09 Å². The quantitative estimate of drug-likeness (QED) is 0.688. The molecule has 1 heterocycles. The third-order valence-electron chi connectivity index (χ3n) is 4.86. The van der Waals surface area contributed by atoms with E-state index < -0.39 is 6.09 Å². The van der Waals surface area contributed by atoms with Gasteiger partial charge in [0.15, 0.2) is 0 Å². The van der Waals surface area contributed by atoms with Gasteiger partial charge in [-0.3, -0.25) is 10.1 Å². The topological polar surface area (TPSA) is 80.6 Å². The Balaban J connectivity index is 1.93. The molecule has 2 aromatic carbocycles. The Hall–Kier alpha value is -3.35. The maximum Gasteiger partial charge on any atom is 0.411 e. The number of benzene rings is 2. The molecule has 1 aliphatic carbocycles. The van der Waals surface area contributed by atoms with E-state index in [0.717, 1.165) is 18.4 Å². The molecule has 7 heteroatoms. The zero-order valence-corrected chi connectivity index (χ0v) is 15.5. The molecule has 0 bridgehead atoms. The van der Waals surface area contributed by atoms with Crippen LogP contribution in [0.15, 0.2) is 40.8 Å². The van der Waals surface area contributed by atoms with Crippen LogP contribution in [0.4, 0.5) is 14.9 Å². The summed E-state index contributed by atoms with van der Waals surface area (Å²) in [5, 5.41) is 6.01. The molecule has 0 spiro atoms. The van der Waals surface area contributed by atoms with Gasteiger partial charge in [-0.2, -0.15) is 0 Å². The molecule has 0 radical (unpaired) electrons. The molecular weight excluding hydrogens is 363 g/mol. The molecule has 6 nitrogen and oxygen atoms in total. The Kier molecular flexibility index (Phi) is 4.50. The van der Waals surface area contributed by atoms with Gasteiger partial charge in [0, 0.05) is 24.1 Å². The third-order valence-corrected chi connectivity index (χ3v) is 4.86. The summed E-state index contributed by atoms with van der Waals surface area (Å²) in [6, 6.07) is 9.36. The molecule has 1 aromatic heterocycles. The highest BCUT2D eigenvalue weighted by Crippen LogP contribution is 2.46. The molecule has 0 unspecified atom stereocenters. The van der Waals surface area contributed by atoms with Crippen LogP contribution in [0.3, 0.4) is 0 Å². The fourth-order valence-corrected chi connectivity index (χ4v) is 3.32. The van der Waals surface area contributed by atoms with Gasteiger partial charge in [-0.1, -0.05) is 0 Å². The number of anilines is 1. The van der Waals surface area contributed by atoms with Crippen molar-refractivity contribution in [3.63, 3.8) is 0 Å². The van der Waals surface area contributed by atoms with Crippen LogP contribution < -0.4 is 10.6 Å². The van der Waals surface area contributed by atoms with Crippen molar-refractivity contribution in [1.82, 2.24) is 5.32 Å². The number of furan rings is 1. The summed E-state index contributed by atoms with van der Waals surface area (Å²) >= 11 is 0. The zero-order valence-electron chi connectivity index (χ0n) is 15.5. The minimum atomic E-state index is -0.571. The van der Waals surface area contributed by atoms with Crippen molar-refractivity contribution in [2.24, 2.45) is 0 Å². The van der Waals surface area contributed by atoms with Crippen molar-refractivity contribution in [3.05, 3.63) is 53.3 Å². The van der Waals surface area contributed by atoms with Gasteiger partial charge in [0.1, 0.15) is 17.2 Å². The minimum absolute atomic E-state index is 0.298. The lowest BCUT2D eigenvalue weighted by atomic mass is 10.0. The molecule has 144 valence electrons. The van der Waals surface area contributed by atoms with Crippen LogP contribution in [0.1, 0.15) is 34.7 Å². The van der Waals surface area contributed by atoms with Crippen LogP contribution in [0.2, 0.25) is 0 Å². The lowest BCUT2D eigenvalue weighted by Crippen LogP contribution is -2.18. The van der Waals surface area contributed by atoms with E-state index in [1.165, 1.54) is 19.2 Å². The zero-order chi connectivity index (χ0) is 19.8. The summed E-state index contributed by atoms with van der Waals surface area (Å²) in [6.45, 7) is 0. The second kappa shape index (κ2) is 6.99. The number of fused-ring (bicyclic) bond motifs is 1. The monoisotopic (exact) mass is 382 g/mol. The predicted molar refractivity (Wildman–Crippen MR) is 103 cm³/mol. The first kappa shape index (κ1) is 18.0. The van der Waals surface area contributed by atoms with Gasteiger partial charge in [-0.05, 0) is 54.7 Å². The molecule has 0 saturated heterocycles. The first-order valence-corrected chi connectivity index (χ1v) is 8.95. The van der Waals surface area contributed by atoms with E-state index in [4.69, 9.17) is 9.15 Å². The Morgan fingerprint density at radius 2 is 1.89 bits per heavy atom. The highest BCUT2D eigenvalue weighted by Gasteiger charge is 2.30. The van der Waals surface area contributed by atoms with E-state index in [1.54, 1.807) is 25.2 Å². The van der Waals surface area contributed by atoms with E-state index in [-0.39, 0.29) is 11.7 Å². The summed E-state index contributed by atoms with van der Waals surface area (Å²) < 4.78 is 24.0. The smallest absolute Gasteiger partial charge is 0.411 e. The number of carbonyl (C=O) groups excluding carboxylic acids is 2. The molecule has 0 atom stereocenters. The first-order chi connectivity index (χ1) is 13.5. The second-order valence-electron chi connectivity index (χ2n) is 6.72. The normalized spacial score (nSPS) is 13.4. The Morgan fingerprint density at radius 1 is 1.18 bits per heavy atom. The van der Waals surface area contributed by atoms with Gasteiger partial charge in [-0.15, -0.1) is 0 Å². The standard InChI is InChI=1S/C21H19FN2O4/c1-23-20(25)18-15-9-14(11-3-4-11)16(24-21(26)27-2)10-17(15)28-19(18)12-5-7-13(22)8-6-12/h5-11H,3-4H2,1-2H3,(H,23,25)(H,24,26). The minimum Gasteiger partial charge on any atom is -0.455 e. The summed E-state index contributed by atoms with van der Waals surface area (Å²) in [7, 11) is 2.85. The lowest BCUT2D eigenvalue weighted by Gasteiger charge is -2.10. The number of halogens is 1. The van der Waals surface area contributed by atoms with Crippen LogP contribution in [0.25, 0.3) is 22.3 Å². The molecule has 2 N–H and O–H groups in total. The fraction of sp³-hybridized carbons (Fsp3) is 0.238. The number of hydrogen-bond acceptors (Lipinski definition) is 4. The Morgan fingerprint density at radius 3 is 2.50 bits per heavy atom. The highest BCUT2D eigenvalue weighted by molar-refractivity contribution is 6.12. The Labute approximate surface area is 160 Å². The van der Waals surface area contributed by atoms with Gasteiger partial charge in [0.05, 0.1) is 18.4 Å². The molecule has 1 saturated carbocycles. The van der Waals surface area contributed by atoms with Crippen LogP contribution >= 0.6 is 0 Å². The Bertz CT molecular complexity index is 1070. The number of methoxy groups -OCH3 is 1. The van der Waals surface area contributed by atoms with Gasteiger partial charge < -0.3 is 14.5 Å². The van der Waals surface area contributed by atoms with Crippen molar-refractivity contribution in [2.45, 2.75) is 18.8 Å². The molecule has 1 aliphatic rings. The summed E-state index contributed by atoms with van der Waals surface area (Å²) in [5.41, 5.74) is 2.97. The van der Waals surface area contributed by atoms with E-state index in [9.17, 15) is 14.0 Å². The number of ether oxygens (including phenoxy) is 1. The van der Waals surface area contributed by atoms with Crippen molar-refractivity contribution >= 4 is 28.7 Å². The van der Waals surface area contributed by atoms with E-state index in [1.807, 2.05) is 6.07 Å². The van der Waals surface area contributed by atoms with Crippen molar-refractivity contribution in [2.75, 3.05) is 19.5 Å². The molecule has 28 heavy (non-hydrogen) atoms. The average molecular weight is 382 g/mol.